The number of carbonyl (C=O) groups is 1. The number of hydrogen-bond donors (Lipinski definition) is 0. The van der Waals surface area contributed by atoms with Crippen molar-refractivity contribution in [2.24, 2.45) is 5.92 Å². The third kappa shape index (κ3) is 3.24. The number of nitrogens with zero attached hydrogens (tertiary/aromatic N) is 2. The molecule has 0 unspecified atom stereocenters. The van der Waals surface area contributed by atoms with Gasteiger partial charge in [0.15, 0.2) is 5.78 Å². The van der Waals surface area contributed by atoms with Gasteiger partial charge in [0.05, 0.1) is 22.3 Å². The van der Waals surface area contributed by atoms with E-state index in [4.69, 9.17) is 4.74 Å². The second kappa shape index (κ2) is 6.61. The number of aryl methyl sites for hydroxylation is 2. The Bertz CT molecular complexity index is 517. The number of ether oxygens (including phenoxy) is 1. The molecule has 1 aromatic rings. The molecule has 0 bridgehead atoms. The first-order valence-corrected chi connectivity index (χ1v) is 8.53. The zero-order valence-electron chi connectivity index (χ0n) is 13.4. The molecule has 0 amide bonds. The Hall–Kier alpha value is -0.680. The molecule has 0 aromatic carbocycles. The highest BCUT2D eigenvalue weighted by Gasteiger charge is 2.41. The number of carbonyl (C=O) groups excluding carboxylic acids is 1. The molecule has 4 nitrogen and oxygen atoms in total. The number of Topliss-reactive ketones (excluding diaryl/α,β-unsaturated/α-hetero) is 1. The van der Waals surface area contributed by atoms with Gasteiger partial charge in [-0.05, 0) is 61.4 Å². The van der Waals surface area contributed by atoms with Crippen LogP contribution >= 0.6 is 15.9 Å². The molecule has 1 fully saturated rings. The van der Waals surface area contributed by atoms with E-state index in [9.17, 15) is 4.79 Å². The van der Waals surface area contributed by atoms with E-state index in [1.807, 2.05) is 18.5 Å². The van der Waals surface area contributed by atoms with Crippen LogP contribution in [0.4, 0.5) is 0 Å². The molecule has 0 aliphatic heterocycles. The predicted molar refractivity (Wildman–Crippen MR) is 86.4 cm³/mol. The van der Waals surface area contributed by atoms with Crippen molar-refractivity contribution < 1.29 is 9.53 Å². The fraction of sp³-hybridized carbons (Fsp3) is 0.750. The van der Waals surface area contributed by atoms with Crippen molar-refractivity contribution in [3.63, 3.8) is 0 Å². The van der Waals surface area contributed by atoms with Gasteiger partial charge in [0.1, 0.15) is 5.60 Å². The van der Waals surface area contributed by atoms with Crippen molar-refractivity contribution in [3.05, 3.63) is 15.9 Å². The van der Waals surface area contributed by atoms with Gasteiger partial charge in [-0.25, -0.2) is 0 Å². The first kappa shape index (κ1) is 16.7. The largest absolute Gasteiger partial charge is 0.370 e. The van der Waals surface area contributed by atoms with Crippen LogP contribution in [0, 0.1) is 12.8 Å². The Labute approximate surface area is 135 Å². The fourth-order valence-electron chi connectivity index (χ4n) is 3.18. The number of ketones is 1. The maximum absolute atomic E-state index is 12.9. The molecule has 0 N–H and O–H groups in total. The van der Waals surface area contributed by atoms with E-state index in [2.05, 4.69) is 28.0 Å². The highest BCUT2D eigenvalue weighted by Crippen LogP contribution is 2.36. The molecule has 1 aliphatic carbocycles. The molecule has 1 aromatic heterocycles. The van der Waals surface area contributed by atoms with Crippen molar-refractivity contribution in [2.45, 2.75) is 65.0 Å². The number of aromatic nitrogens is 2. The summed E-state index contributed by atoms with van der Waals surface area (Å²) in [6.07, 6.45) is 4.18. The lowest BCUT2D eigenvalue weighted by atomic mass is 9.76. The van der Waals surface area contributed by atoms with E-state index in [0.29, 0.717) is 12.3 Å². The maximum atomic E-state index is 12.9. The third-order valence-corrected chi connectivity index (χ3v) is 5.79. The minimum Gasteiger partial charge on any atom is -0.370 e. The van der Waals surface area contributed by atoms with E-state index in [1.54, 1.807) is 7.11 Å². The fourth-order valence-corrected chi connectivity index (χ4v) is 3.60. The highest BCUT2D eigenvalue weighted by atomic mass is 79.9. The summed E-state index contributed by atoms with van der Waals surface area (Å²) < 4.78 is 8.55. The van der Waals surface area contributed by atoms with Crippen LogP contribution in [-0.2, 0) is 22.5 Å². The van der Waals surface area contributed by atoms with Gasteiger partial charge in [-0.2, -0.15) is 5.10 Å². The monoisotopic (exact) mass is 356 g/mol. The molecular formula is C16H25BrN2O2. The Kier molecular flexibility index (Phi) is 5.25. The molecule has 0 saturated heterocycles. The molecule has 1 saturated carbocycles. The topological polar surface area (TPSA) is 44.1 Å². The Balaban J connectivity index is 2.20. The van der Waals surface area contributed by atoms with Gasteiger partial charge in [0, 0.05) is 13.7 Å². The maximum Gasteiger partial charge on any atom is 0.170 e. The summed E-state index contributed by atoms with van der Waals surface area (Å²) in [4.78, 5) is 12.9. The minimum absolute atomic E-state index is 0.187. The minimum atomic E-state index is -0.595. The van der Waals surface area contributed by atoms with Gasteiger partial charge < -0.3 is 4.74 Å². The first-order chi connectivity index (χ1) is 9.93. The second-order valence-corrected chi connectivity index (χ2v) is 6.94. The van der Waals surface area contributed by atoms with Gasteiger partial charge in [0.2, 0.25) is 0 Å². The molecular weight excluding hydrogens is 332 g/mol. The summed E-state index contributed by atoms with van der Waals surface area (Å²) in [5.74, 6) is 0.878. The summed E-state index contributed by atoms with van der Waals surface area (Å²) >= 11 is 3.57. The van der Waals surface area contributed by atoms with Gasteiger partial charge in [0.25, 0.3) is 0 Å². The van der Waals surface area contributed by atoms with E-state index in [0.717, 1.165) is 48.1 Å². The third-order valence-electron chi connectivity index (χ3n) is 4.76. The van der Waals surface area contributed by atoms with Crippen molar-refractivity contribution in [2.75, 3.05) is 7.11 Å². The molecule has 0 spiro atoms. The average Bonchev–Trinajstić information content (AvgIpc) is 2.76. The molecule has 1 aliphatic rings. The van der Waals surface area contributed by atoms with E-state index < -0.39 is 5.60 Å². The first-order valence-electron chi connectivity index (χ1n) is 7.73. The van der Waals surface area contributed by atoms with Crippen LogP contribution in [-0.4, -0.2) is 28.3 Å². The quantitative estimate of drug-likeness (QED) is 0.808. The molecule has 1 heterocycles. The van der Waals surface area contributed by atoms with Crippen LogP contribution in [0.25, 0.3) is 0 Å². The van der Waals surface area contributed by atoms with Crippen LogP contribution in [0.5, 0.6) is 0 Å². The van der Waals surface area contributed by atoms with Crippen LogP contribution in [0.1, 0.15) is 50.9 Å². The van der Waals surface area contributed by atoms with Gasteiger partial charge in [-0.15, -0.1) is 0 Å². The Morgan fingerprint density at radius 2 is 2.10 bits per heavy atom. The smallest absolute Gasteiger partial charge is 0.170 e. The van der Waals surface area contributed by atoms with Gasteiger partial charge in [-0.1, -0.05) is 6.92 Å². The van der Waals surface area contributed by atoms with Crippen LogP contribution in [0.2, 0.25) is 0 Å². The van der Waals surface area contributed by atoms with Crippen molar-refractivity contribution in [3.8, 4) is 0 Å². The summed E-state index contributed by atoms with van der Waals surface area (Å²) in [7, 11) is 1.67. The van der Waals surface area contributed by atoms with Gasteiger partial charge in [-0.3, -0.25) is 9.48 Å². The van der Waals surface area contributed by atoms with Crippen molar-refractivity contribution in [1.82, 2.24) is 9.78 Å². The summed E-state index contributed by atoms with van der Waals surface area (Å²) in [6.45, 7) is 7.02. The summed E-state index contributed by atoms with van der Waals surface area (Å²) in [5, 5.41) is 4.46. The van der Waals surface area contributed by atoms with Crippen molar-refractivity contribution in [1.29, 1.82) is 0 Å². The molecule has 2 rings (SSSR count). The molecule has 5 heteroatoms. The van der Waals surface area contributed by atoms with Crippen molar-refractivity contribution >= 4 is 21.7 Å². The molecule has 21 heavy (non-hydrogen) atoms. The lowest BCUT2D eigenvalue weighted by Gasteiger charge is -2.37. The Morgan fingerprint density at radius 1 is 1.48 bits per heavy atom. The predicted octanol–water partition coefficient (Wildman–Crippen LogP) is 3.68. The zero-order valence-corrected chi connectivity index (χ0v) is 15.0. The number of hydrogen-bond acceptors (Lipinski definition) is 3. The standard InChI is InChI=1S/C16H25BrN2O2/c1-5-19-13(15(17)12(3)18-19)10-14(20)16(21-4)8-6-11(2)7-9-16/h11H,5-10H2,1-4H3. The van der Waals surface area contributed by atoms with E-state index >= 15 is 0 Å². The van der Waals surface area contributed by atoms with Crippen LogP contribution in [0.3, 0.4) is 0 Å². The lowest BCUT2D eigenvalue weighted by Crippen LogP contribution is -2.45. The molecule has 0 atom stereocenters. The number of halogens is 1. The van der Waals surface area contributed by atoms with E-state index in [1.165, 1.54) is 0 Å². The SMILES string of the molecule is CCn1nc(C)c(Br)c1CC(=O)C1(OC)CCC(C)CC1. The van der Waals surface area contributed by atoms with Crippen LogP contribution in [0.15, 0.2) is 4.47 Å². The summed E-state index contributed by atoms with van der Waals surface area (Å²) in [5.41, 5.74) is 1.31. The average molecular weight is 357 g/mol. The number of methoxy groups -OCH3 is 1. The van der Waals surface area contributed by atoms with E-state index in [-0.39, 0.29) is 5.78 Å². The normalized spacial score (nSPS) is 26.0. The molecule has 118 valence electrons. The highest BCUT2D eigenvalue weighted by molar-refractivity contribution is 9.10. The Morgan fingerprint density at radius 3 is 2.62 bits per heavy atom. The summed E-state index contributed by atoms with van der Waals surface area (Å²) in [6, 6.07) is 0. The van der Waals surface area contributed by atoms with Gasteiger partial charge >= 0.3 is 0 Å². The lowest BCUT2D eigenvalue weighted by molar-refractivity contribution is -0.145. The number of rotatable bonds is 5. The second-order valence-electron chi connectivity index (χ2n) is 6.14. The molecule has 0 radical (unpaired) electrons. The van der Waals surface area contributed by atoms with Crippen LogP contribution < -0.4 is 0 Å². The zero-order chi connectivity index (χ0) is 15.6.